The van der Waals surface area contributed by atoms with Crippen LogP contribution in [-0.2, 0) is 4.79 Å². The Morgan fingerprint density at radius 3 is 2.36 bits per heavy atom. The second-order valence-corrected chi connectivity index (χ2v) is 7.83. The Kier molecular flexibility index (Phi) is 12.8. The molecule has 0 saturated heterocycles. The highest BCUT2D eigenvalue weighted by atomic mass is 16.4. The van der Waals surface area contributed by atoms with Crippen LogP contribution in [0.1, 0.15) is 103 Å². The van der Waals surface area contributed by atoms with E-state index in [0.29, 0.717) is 18.3 Å². The highest BCUT2D eigenvalue weighted by molar-refractivity contribution is 5.66. The van der Waals surface area contributed by atoms with Crippen LogP contribution in [-0.4, -0.2) is 22.3 Å². The number of aliphatic hydroxyl groups is 1. The summed E-state index contributed by atoms with van der Waals surface area (Å²) in [4.78, 5) is 10.5. The molecular formula is C22H40O3. The van der Waals surface area contributed by atoms with E-state index in [4.69, 9.17) is 5.11 Å². The summed E-state index contributed by atoms with van der Waals surface area (Å²) >= 11 is 0. The van der Waals surface area contributed by atoms with Crippen molar-refractivity contribution in [2.24, 2.45) is 11.8 Å². The molecule has 0 heterocycles. The van der Waals surface area contributed by atoms with Gasteiger partial charge in [-0.15, -0.1) is 0 Å². The first-order valence-corrected chi connectivity index (χ1v) is 10.7. The molecule has 1 aliphatic rings. The van der Waals surface area contributed by atoms with Gasteiger partial charge >= 0.3 is 5.97 Å². The average molecular weight is 353 g/mol. The van der Waals surface area contributed by atoms with Crippen LogP contribution in [0.4, 0.5) is 0 Å². The number of aliphatic carboxylic acids is 1. The molecule has 0 aromatic rings. The maximum Gasteiger partial charge on any atom is 0.303 e. The molecule has 2 N–H and O–H groups in total. The maximum atomic E-state index is 10.5. The van der Waals surface area contributed by atoms with Crippen molar-refractivity contribution in [3.05, 3.63) is 12.2 Å². The van der Waals surface area contributed by atoms with Gasteiger partial charge in [-0.25, -0.2) is 0 Å². The molecule has 1 unspecified atom stereocenters. The molecule has 3 nitrogen and oxygen atoms in total. The lowest BCUT2D eigenvalue weighted by Crippen LogP contribution is -2.23. The van der Waals surface area contributed by atoms with Gasteiger partial charge in [0.15, 0.2) is 0 Å². The van der Waals surface area contributed by atoms with Crippen LogP contribution in [0.3, 0.4) is 0 Å². The zero-order valence-electron chi connectivity index (χ0n) is 16.3. The van der Waals surface area contributed by atoms with Gasteiger partial charge in [-0.3, -0.25) is 4.79 Å². The van der Waals surface area contributed by atoms with Gasteiger partial charge in [-0.05, 0) is 31.6 Å². The smallest absolute Gasteiger partial charge is 0.303 e. The lowest BCUT2D eigenvalue weighted by Gasteiger charge is -2.24. The number of hydrogen-bond acceptors (Lipinski definition) is 2. The zero-order chi connectivity index (χ0) is 18.3. The Morgan fingerprint density at radius 1 is 1.00 bits per heavy atom. The third kappa shape index (κ3) is 10.7. The first-order chi connectivity index (χ1) is 12.1. The molecule has 3 atom stereocenters. The predicted octanol–water partition coefficient (Wildman–Crippen LogP) is 6.11. The summed E-state index contributed by atoms with van der Waals surface area (Å²) in [6, 6.07) is 0. The molecule has 0 aromatic carbocycles. The first kappa shape index (κ1) is 22.2. The fraction of sp³-hybridized carbons (Fsp3) is 0.864. The fourth-order valence-corrected chi connectivity index (χ4v) is 4.02. The van der Waals surface area contributed by atoms with E-state index in [-0.39, 0.29) is 6.10 Å². The van der Waals surface area contributed by atoms with E-state index in [9.17, 15) is 9.90 Å². The molecule has 0 aromatic heterocycles. The van der Waals surface area contributed by atoms with Gasteiger partial charge in [-0.1, -0.05) is 83.3 Å². The Morgan fingerprint density at radius 2 is 1.64 bits per heavy atom. The van der Waals surface area contributed by atoms with E-state index in [1.807, 2.05) is 0 Å². The van der Waals surface area contributed by atoms with Gasteiger partial charge in [-0.2, -0.15) is 0 Å². The molecule has 0 saturated carbocycles. The van der Waals surface area contributed by atoms with E-state index in [1.165, 1.54) is 51.4 Å². The topological polar surface area (TPSA) is 57.5 Å². The second-order valence-electron chi connectivity index (χ2n) is 7.83. The van der Waals surface area contributed by atoms with Crippen molar-refractivity contribution in [3.8, 4) is 0 Å². The summed E-state index contributed by atoms with van der Waals surface area (Å²) in [5.41, 5.74) is 0. The molecule has 146 valence electrons. The molecule has 3 heteroatoms. The summed E-state index contributed by atoms with van der Waals surface area (Å²) in [5.74, 6) is 0.336. The Balaban J connectivity index is 2.05. The van der Waals surface area contributed by atoms with Gasteiger partial charge < -0.3 is 10.2 Å². The average Bonchev–Trinajstić information content (AvgIpc) is 3.05. The third-order valence-electron chi connectivity index (χ3n) is 5.60. The van der Waals surface area contributed by atoms with Crippen molar-refractivity contribution in [1.29, 1.82) is 0 Å². The minimum atomic E-state index is -0.677. The number of allylic oxidation sites excluding steroid dienone is 1. The quantitative estimate of drug-likeness (QED) is 0.260. The summed E-state index contributed by atoms with van der Waals surface area (Å²) < 4.78 is 0. The number of carboxylic acids is 1. The van der Waals surface area contributed by atoms with Crippen LogP contribution in [0, 0.1) is 11.8 Å². The first-order valence-electron chi connectivity index (χ1n) is 10.7. The number of aliphatic hydroxyl groups excluding tert-OH is 1. The Hall–Kier alpha value is -0.830. The molecular weight excluding hydrogens is 312 g/mol. The number of rotatable bonds is 16. The minimum Gasteiger partial charge on any atom is -0.481 e. The lowest BCUT2D eigenvalue weighted by molar-refractivity contribution is -0.137. The van der Waals surface area contributed by atoms with Crippen LogP contribution >= 0.6 is 0 Å². The fourth-order valence-electron chi connectivity index (χ4n) is 4.02. The van der Waals surface area contributed by atoms with Crippen molar-refractivity contribution in [2.75, 3.05) is 0 Å². The zero-order valence-corrected chi connectivity index (χ0v) is 16.3. The Bertz CT molecular complexity index is 364. The van der Waals surface area contributed by atoms with Gasteiger partial charge in [0, 0.05) is 12.3 Å². The Labute approximate surface area is 154 Å². The SMILES string of the molecule is CCCCCCCC(O)[C@@H]1C=CC[C@H]1CCCCCCCCC(=O)O. The molecule has 0 fully saturated rings. The minimum absolute atomic E-state index is 0.151. The van der Waals surface area contributed by atoms with E-state index < -0.39 is 5.97 Å². The number of unbranched alkanes of at least 4 members (excludes halogenated alkanes) is 9. The molecule has 0 aliphatic heterocycles. The van der Waals surface area contributed by atoms with Crippen molar-refractivity contribution in [2.45, 2.75) is 109 Å². The third-order valence-corrected chi connectivity index (χ3v) is 5.60. The molecule has 0 radical (unpaired) electrons. The molecule has 0 bridgehead atoms. The van der Waals surface area contributed by atoms with Crippen molar-refractivity contribution < 1.29 is 15.0 Å². The van der Waals surface area contributed by atoms with E-state index in [2.05, 4.69) is 19.1 Å². The van der Waals surface area contributed by atoms with Gasteiger partial charge in [0.05, 0.1) is 6.10 Å². The van der Waals surface area contributed by atoms with Crippen LogP contribution in [0.15, 0.2) is 12.2 Å². The lowest BCUT2D eigenvalue weighted by atomic mass is 9.84. The van der Waals surface area contributed by atoms with Crippen molar-refractivity contribution >= 4 is 5.97 Å². The molecule has 0 amide bonds. The number of carboxylic acid groups (broad SMARTS) is 1. The monoisotopic (exact) mass is 352 g/mol. The maximum absolute atomic E-state index is 10.5. The number of hydrogen-bond donors (Lipinski definition) is 2. The summed E-state index contributed by atoms with van der Waals surface area (Å²) in [5, 5.41) is 19.1. The van der Waals surface area contributed by atoms with Crippen LogP contribution < -0.4 is 0 Å². The summed E-state index contributed by atoms with van der Waals surface area (Å²) in [7, 11) is 0. The summed E-state index contributed by atoms with van der Waals surface area (Å²) in [6.45, 7) is 2.23. The van der Waals surface area contributed by atoms with Gasteiger partial charge in [0.25, 0.3) is 0 Å². The standard InChI is InChI=1S/C22H40O3/c1-2-3-4-7-11-17-21(23)20-16-13-15-19(20)14-10-8-5-6-9-12-18-22(24)25/h13,16,19-21,23H,2-12,14-15,17-18H2,1H3,(H,24,25)/t19-,20-,21?/m1/s1. The highest BCUT2D eigenvalue weighted by Gasteiger charge is 2.28. The van der Waals surface area contributed by atoms with Gasteiger partial charge in [0.2, 0.25) is 0 Å². The van der Waals surface area contributed by atoms with Crippen molar-refractivity contribution in [1.82, 2.24) is 0 Å². The van der Waals surface area contributed by atoms with Crippen LogP contribution in [0.5, 0.6) is 0 Å². The van der Waals surface area contributed by atoms with E-state index in [1.54, 1.807) is 0 Å². The second kappa shape index (κ2) is 14.4. The molecule has 0 spiro atoms. The van der Waals surface area contributed by atoms with Crippen LogP contribution in [0.2, 0.25) is 0 Å². The molecule has 25 heavy (non-hydrogen) atoms. The normalized spacial score (nSPS) is 20.9. The predicted molar refractivity (Wildman–Crippen MR) is 105 cm³/mol. The molecule has 1 rings (SSSR count). The molecule has 1 aliphatic carbocycles. The van der Waals surface area contributed by atoms with Gasteiger partial charge in [0.1, 0.15) is 0 Å². The van der Waals surface area contributed by atoms with Crippen LogP contribution in [0.25, 0.3) is 0 Å². The number of carbonyl (C=O) groups is 1. The van der Waals surface area contributed by atoms with E-state index >= 15 is 0 Å². The van der Waals surface area contributed by atoms with Crippen molar-refractivity contribution in [3.63, 3.8) is 0 Å². The largest absolute Gasteiger partial charge is 0.481 e. The summed E-state index contributed by atoms with van der Waals surface area (Å²) in [6.07, 6.45) is 21.0. The highest BCUT2D eigenvalue weighted by Crippen LogP contribution is 2.34. The van der Waals surface area contributed by atoms with E-state index in [0.717, 1.165) is 38.5 Å².